The number of nitrogens with zero attached hydrogens (tertiary/aromatic N) is 1. The maximum absolute atomic E-state index is 9.27. The molecule has 0 saturated heterocycles. The Labute approximate surface area is 124 Å². The molecule has 0 aliphatic carbocycles. The maximum atomic E-state index is 9.27. The molecule has 0 aliphatic heterocycles. The van der Waals surface area contributed by atoms with Crippen LogP contribution in [0, 0.1) is 5.41 Å². The van der Waals surface area contributed by atoms with Gasteiger partial charge >= 0.3 is 0 Å². The zero-order valence-electron chi connectivity index (χ0n) is 13.4. The topological polar surface area (TPSA) is 35.5 Å². The van der Waals surface area contributed by atoms with Gasteiger partial charge in [-0.25, -0.2) is 0 Å². The minimum Gasteiger partial charge on any atom is -0.395 e. The standard InChI is InChI=1S/C17H30N2O/c1-15(2)18-13-17(3,4)14-19(10-11-20)12-16-8-6-5-7-9-16/h5-9,15,18,20H,10-14H2,1-4H3. The highest BCUT2D eigenvalue weighted by Crippen LogP contribution is 2.17. The van der Waals surface area contributed by atoms with Crippen molar-refractivity contribution in [3.63, 3.8) is 0 Å². The molecule has 1 aromatic rings. The molecule has 1 aromatic carbocycles. The van der Waals surface area contributed by atoms with Gasteiger partial charge in [0, 0.05) is 32.2 Å². The molecule has 0 unspecified atom stereocenters. The minimum absolute atomic E-state index is 0.189. The molecule has 0 aliphatic rings. The van der Waals surface area contributed by atoms with Gasteiger partial charge in [0.25, 0.3) is 0 Å². The second-order valence-corrected chi connectivity index (χ2v) is 6.62. The third-order valence-corrected chi connectivity index (χ3v) is 3.31. The van der Waals surface area contributed by atoms with E-state index in [-0.39, 0.29) is 12.0 Å². The molecule has 0 aromatic heterocycles. The van der Waals surface area contributed by atoms with Crippen molar-refractivity contribution in [3.05, 3.63) is 35.9 Å². The van der Waals surface area contributed by atoms with Crippen molar-refractivity contribution in [2.24, 2.45) is 5.41 Å². The summed E-state index contributed by atoms with van der Waals surface area (Å²) in [6.45, 7) is 12.7. The Hall–Kier alpha value is -0.900. The lowest BCUT2D eigenvalue weighted by Crippen LogP contribution is -2.42. The number of hydrogen-bond acceptors (Lipinski definition) is 3. The first-order valence-corrected chi connectivity index (χ1v) is 7.53. The van der Waals surface area contributed by atoms with Crippen LogP contribution in [-0.2, 0) is 6.54 Å². The van der Waals surface area contributed by atoms with E-state index in [0.29, 0.717) is 6.04 Å². The Morgan fingerprint density at radius 1 is 1.20 bits per heavy atom. The van der Waals surface area contributed by atoms with Crippen LogP contribution in [0.5, 0.6) is 0 Å². The molecule has 20 heavy (non-hydrogen) atoms. The molecular weight excluding hydrogens is 248 g/mol. The van der Waals surface area contributed by atoms with Gasteiger partial charge in [0.2, 0.25) is 0 Å². The Kier molecular flexibility index (Phi) is 7.20. The molecule has 0 bridgehead atoms. The summed E-state index contributed by atoms with van der Waals surface area (Å²) in [4.78, 5) is 2.33. The molecule has 2 N–H and O–H groups in total. The number of nitrogens with one attached hydrogen (secondary N) is 1. The largest absolute Gasteiger partial charge is 0.395 e. The van der Waals surface area contributed by atoms with Crippen LogP contribution < -0.4 is 5.32 Å². The lowest BCUT2D eigenvalue weighted by atomic mass is 9.92. The van der Waals surface area contributed by atoms with Gasteiger partial charge in [-0.1, -0.05) is 58.0 Å². The van der Waals surface area contributed by atoms with Gasteiger partial charge < -0.3 is 10.4 Å². The lowest BCUT2D eigenvalue weighted by molar-refractivity contribution is 0.135. The SMILES string of the molecule is CC(C)NCC(C)(C)CN(CCO)Cc1ccccc1. The fourth-order valence-corrected chi connectivity index (χ4v) is 2.34. The number of hydrogen-bond donors (Lipinski definition) is 2. The zero-order valence-corrected chi connectivity index (χ0v) is 13.4. The van der Waals surface area contributed by atoms with Crippen LogP contribution >= 0.6 is 0 Å². The molecule has 0 atom stereocenters. The summed E-state index contributed by atoms with van der Waals surface area (Å²) in [6, 6.07) is 11.0. The Morgan fingerprint density at radius 3 is 2.40 bits per heavy atom. The summed E-state index contributed by atoms with van der Waals surface area (Å²) in [5.74, 6) is 0. The zero-order chi connectivity index (χ0) is 15.0. The van der Waals surface area contributed by atoms with Crippen molar-refractivity contribution >= 4 is 0 Å². The Morgan fingerprint density at radius 2 is 1.85 bits per heavy atom. The molecule has 0 fully saturated rings. The number of benzene rings is 1. The third-order valence-electron chi connectivity index (χ3n) is 3.31. The Balaban J connectivity index is 2.57. The predicted octanol–water partition coefficient (Wildman–Crippen LogP) is 2.51. The number of aliphatic hydroxyl groups is 1. The predicted molar refractivity (Wildman–Crippen MR) is 85.7 cm³/mol. The second kappa shape index (κ2) is 8.40. The summed E-state index contributed by atoms with van der Waals surface area (Å²) in [5.41, 5.74) is 1.49. The van der Waals surface area contributed by atoms with Crippen LogP contribution in [0.1, 0.15) is 33.3 Å². The van der Waals surface area contributed by atoms with Crippen molar-refractivity contribution < 1.29 is 5.11 Å². The van der Waals surface area contributed by atoms with Crippen LogP contribution in [0.2, 0.25) is 0 Å². The first-order valence-electron chi connectivity index (χ1n) is 7.53. The first kappa shape index (κ1) is 17.2. The summed E-state index contributed by atoms with van der Waals surface area (Å²) in [5, 5.41) is 12.8. The molecule has 0 amide bonds. The smallest absolute Gasteiger partial charge is 0.0558 e. The molecule has 0 saturated carbocycles. The van der Waals surface area contributed by atoms with Crippen LogP contribution in [0.15, 0.2) is 30.3 Å². The lowest BCUT2D eigenvalue weighted by Gasteiger charge is -2.33. The van der Waals surface area contributed by atoms with Gasteiger partial charge in [0.1, 0.15) is 0 Å². The molecular formula is C17H30N2O. The monoisotopic (exact) mass is 278 g/mol. The van der Waals surface area contributed by atoms with E-state index in [9.17, 15) is 5.11 Å². The summed E-state index contributed by atoms with van der Waals surface area (Å²) < 4.78 is 0. The highest BCUT2D eigenvalue weighted by molar-refractivity contribution is 5.14. The van der Waals surface area contributed by atoms with E-state index in [0.717, 1.165) is 26.2 Å². The highest BCUT2D eigenvalue weighted by atomic mass is 16.3. The van der Waals surface area contributed by atoms with Crippen molar-refractivity contribution in [2.75, 3.05) is 26.2 Å². The summed E-state index contributed by atoms with van der Waals surface area (Å²) in [6.07, 6.45) is 0. The fourth-order valence-electron chi connectivity index (χ4n) is 2.34. The molecule has 114 valence electrons. The van der Waals surface area contributed by atoms with Gasteiger partial charge in [-0.05, 0) is 11.0 Å². The average Bonchev–Trinajstić information content (AvgIpc) is 2.37. The Bertz CT molecular complexity index is 363. The van der Waals surface area contributed by atoms with Gasteiger partial charge in [-0.15, -0.1) is 0 Å². The van der Waals surface area contributed by atoms with E-state index in [1.54, 1.807) is 0 Å². The maximum Gasteiger partial charge on any atom is 0.0558 e. The van der Waals surface area contributed by atoms with Gasteiger partial charge in [-0.3, -0.25) is 4.90 Å². The quantitative estimate of drug-likeness (QED) is 0.728. The molecule has 0 radical (unpaired) electrons. The van der Waals surface area contributed by atoms with E-state index >= 15 is 0 Å². The van der Waals surface area contributed by atoms with E-state index in [1.807, 2.05) is 6.07 Å². The second-order valence-electron chi connectivity index (χ2n) is 6.62. The van der Waals surface area contributed by atoms with E-state index < -0.39 is 0 Å². The molecule has 3 heteroatoms. The number of aliphatic hydroxyl groups excluding tert-OH is 1. The third kappa shape index (κ3) is 7.04. The van der Waals surface area contributed by atoms with E-state index in [2.05, 4.69) is 62.2 Å². The number of rotatable bonds is 9. The highest BCUT2D eigenvalue weighted by Gasteiger charge is 2.21. The van der Waals surface area contributed by atoms with E-state index in [1.165, 1.54) is 5.56 Å². The normalized spacial score (nSPS) is 12.3. The van der Waals surface area contributed by atoms with Crippen LogP contribution in [0.25, 0.3) is 0 Å². The van der Waals surface area contributed by atoms with Crippen LogP contribution in [-0.4, -0.2) is 42.3 Å². The molecule has 1 rings (SSSR count). The molecule has 3 nitrogen and oxygen atoms in total. The molecule has 0 spiro atoms. The van der Waals surface area contributed by atoms with Crippen molar-refractivity contribution in [3.8, 4) is 0 Å². The van der Waals surface area contributed by atoms with Gasteiger partial charge in [0.05, 0.1) is 6.61 Å². The van der Waals surface area contributed by atoms with E-state index in [4.69, 9.17) is 0 Å². The van der Waals surface area contributed by atoms with Crippen molar-refractivity contribution in [1.82, 2.24) is 10.2 Å². The van der Waals surface area contributed by atoms with Crippen LogP contribution in [0.3, 0.4) is 0 Å². The summed E-state index contributed by atoms with van der Waals surface area (Å²) in [7, 11) is 0. The minimum atomic E-state index is 0.189. The van der Waals surface area contributed by atoms with Gasteiger partial charge in [-0.2, -0.15) is 0 Å². The first-order chi connectivity index (χ1) is 9.43. The summed E-state index contributed by atoms with van der Waals surface area (Å²) >= 11 is 0. The van der Waals surface area contributed by atoms with Crippen molar-refractivity contribution in [2.45, 2.75) is 40.3 Å². The fraction of sp³-hybridized carbons (Fsp3) is 0.647. The molecule has 0 heterocycles. The van der Waals surface area contributed by atoms with Gasteiger partial charge in [0.15, 0.2) is 0 Å². The van der Waals surface area contributed by atoms with Crippen molar-refractivity contribution in [1.29, 1.82) is 0 Å². The average molecular weight is 278 g/mol. The van der Waals surface area contributed by atoms with Crippen LogP contribution in [0.4, 0.5) is 0 Å².